The van der Waals surface area contributed by atoms with Crippen LogP contribution in [0.2, 0.25) is 0 Å². The highest BCUT2D eigenvalue weighted by atomic mass is 32.2. The molecule has 1 unspecified atom stereocenters. The third kappa shape index (κ3) is 5.82. The molecule has 0 aliphatic rings. The zero-order valence-corrected chi connectivity index (χ0v) is 17.1. The highest BCUT2D eigenvalue weighted by Gasteiger charge is 2.17. The number of hydrogen-bond acceptors (Lipinski definition) is 5. The zero-order chi connectivity index (χ0) is 20.9. The van der Waals surface area contributed by atoms with E-state index in [1.165, 1.54) is 24.3 Å². The second-order valence-corrected chi connectivity index (χ2v) is 8.55. The highest BCUT2D eigenvalue weighted by molar-refractivity contribution is 7.90. The van der Waals surface area contributed by atoms with Crippen LogP contribution >= 0.6 is 0 Å². The molecule has 1 atom stereocenters. The molecule has 2 N–H and O–H groups in total. The minimum Gasteiger partial charge on any atom is -0.481 e. The fourth-order valence-electron chi connectivity index (χ4n) is 2.53. The first-order valence-corrected chi connectivity index (χ1v) is 10.6. The number of ether oxygens (including phenoxy) is 1. The summed E-state index contributed by atoms with van der Waals surface area (Å²) in [5.41, 5.74) is 2.61. The van der Waals surface area contributed by atoms with Gasteiger partial charge in [-0.05, 0) is 56.2 Å². The van der Waals surface area contributed by atoms with Crippen molar-refractivity contribution in [3.8, 4) is 5.75 Å². The Bertz CT molecular complexity index is 948. The van der Waals surface area contributed by atoms with Crippen molar-refractivity contribution in [1.82, 2.24) is 5.32 Å². The maximum absolute atomic E-state index is 12.2. The van der Waals surface area contributed by atoms with Gasteiger partial charge >= 0.3 is 0 Å². The van der Waals surface area contributed by atoms with Gasteiger partial charge in [-0.3, -0.25) is 9.59 Å². The average molecular weight is 404 g/mol. The number of carbonyl (C=O) groups is 2. The Balaban J connectivity index is 1.87. The molecule has 0 heterocycles. The molecule has 0 fully saturated rings. The van der Waals surface area contributed by atoms with Gasteiger partial charge in [-0.15, -0.1) is 0 Å². The highest BCUT2D eigenvalue weighted by Crippen LogP contribution is 2.19. The van der Waals surface area contributed by atoms with Crippen molar-refractivity contribution in [2.24, 2.45) is 0 Å². The molecule has 28 heavy (non-hydrogen) atoms. The van der Waals surface area contributed by atoms with E-state index in [0.29, 0.717) is 5.75 Å². The predicted octanol–water partition coefficient (Wildman–Crippen LogP) is 2.23. The maximum Gasteiger partial charge on any atom is 0.261 e. The number of anilines is 1. The van der Waals surface area contributed by atoms with Crippen LogP contribution in [0.5, 0.6) is 5.75 Å². The van der Waals surface area contributed by atoms with E-state index in [0.717, 1.165) is 23.1 Å². The van der Waals surface area contributed by atoms with Crippen LogP contribution in [0.1, 0.15) is 18.1 Å². The lowest BCUT2D eigenvalue weighted by atomic mass is 10.1. The molecule has 0 saturated heterocycles. The monoisotopic (exact) mass is 404 g/mol. The van der Waals surface area contributed by atoms with Gasteiger partial charge in [-0.2, -0.15) is 0 Å². The Kier molecular flexibility index (Phi) is 6.80. The summed E-state index contributed by atoms with van der Waals surface area (Å²) < 4.78 is 28.4. The number of para-hydroxylation sites is 1. The van der Waals surface area contributed by atoms with Gasteiger partial charge in [-0.25, -0.2) is 8.42 Å². The van der Waals surface area contributed by atoms with Crippen LogP contribution in [0.15, 0.2) is 47.4 Å². The van der Waals surface area contributed by atoms with Crippen LogP contribution in [0, 0.1) is 13.8 Å². The molecule has 0 saturated carbocycles. The number of nitrogens with one attached hydrogen (secondary N) is 2. The van der Waals surface area contributed by atoms with Gasteiger partial charge in [0.2, 0.25) is 5.91 Å². The standard InChI is InChI=1S/C20H24N2O5S/c1-13-6-5-7-14(2)19(13)22-18(23)12-21-20(24)15(3)27-16-8-10-17(11-9-16)28(4,25)26/h5-11,15H,12H2,1-4H3,(H,21,24)(H,22,23). The van der Waals surface area contributed by atoms with Crippen molar-refractivity contribution in [1.29, 1.82) is 0 Å². The maximum atomic E-state index is 12.2. The largest absolute Gasteiger partial charge is 0.481 e. The molecule has 0 aromatic heterocycles. The molecule has 150 valence electrons. The van der Waals surface area contributed by atoms with Crippen LogP contribution in [-0.2, 0) is 19.4 Å². The van der Waals surface area contributed by atoms with E-state index in [2.05, 4.69) is 10.6 Å². The quantitative estimate of drug-likeness (QED) is 0.737. The minimum atomic E-state index is -3.29. The third-order valence-electron chi connectivity index (χ3n) is 4.10. The summed E-state index contributed by atoms with van der Waals surface area (Å²) in [7, 11) is -3.29. The number of aryl methyl sites for hydroxylation is 2. The van der Waals surface area contributed by atoms with Crippen molar-refractivity contribution in [2.45, 2.75) is 31.8 Å². The van der Waals surface area contributed by atoms with E-state index in [1.54, 1.807) is 6.92 Å². The predicted molar refractivity (Wildman–Crippen MR) is 107 cm³/mol. The minimum absolute atomic E-state index is 0.167. The smallest absolute Gasteiger partial charge is 0.261 e. The van der Waals surface area contributed by atoms with Crippen LogP contribution in [-0.4, -0.2) is 39.1 Å². The van der Waals surface area contributed by atoms with Crippen LogP contribution in [0.3, 0.4) is 0 Å². The number of carbonyl (C=O) groups excluding carboxylic acids is 2. The van der Waals surface area contributed by atoms with E-state index in [-0.39, 0.29) is 17.3 Å². The number of benzene rings is 2. The molecule has 2 aromatic carbocycles. The van der Waals surface area contributed by atoms with Gasteiger partial charge in [-0.1, -0.05) is 18.2 Å². The Morgan fingerprint density at radius 3 is 2.14 bits per heavy atom. The summed E-state index contributed by atoms with van der Waals surface area (Å²) in [6.45, 7) is 5.15. The molecular formula is C20H24N2O5S. The summed E-state index contributed by atoms with van der Waals surface area (Å²) in [5.74, 6) is -0.436. The lowest BCUT2D eigenvalue weighted by molar-refractivity contribution is -0.129. The number of amides is 2. The molecule has 8 heteroatoms. The summed E-state index contributed by atoms with van der Waals surface area (Å²) in [4.78, 5) is 24.4. The van der Waals surface area contributed by atoms with Crippen molar-refractivity contribution < 1.29 is 22.7 Å². The Labute approximate surface area is 165 Å². The molecule has 0 spiro atoms. The van der Waals surface area contributed by atoms with Gasteiger partial charge in [0.1, 0.15) is 5.75 Å². The Hall–Kier alpha value is -2.87. The lowest BCUT2D eigenvalue weighted by Gasteiger charge is -2.15. The van der Waals surface area contributed by atoms with E-state index < -0.39 is 21.8 Å². The van der Waals surface area contributed by atoms with Gasteiger partial charge < -0.3 is 15.4 Å². The number of rotatable bonds is 7. The van der Waals surface area contributed by atoms with E-state index in [9.17, 15) is 18.0 Å². The molecule has 0 bridgehead atoms. The van der Waals surface area contributed by atoms with Crippen molar-refractivity contribution in [3.63, 3.8) is 0 Å². The van der Waals surface area contributed by atoms with Crippen LogP contribution < -0.4 is 15.4 Å². The second kappa shape index (κ2) is 8.88. The molecule has 0 aliphatic carbocycles. The second-order valence-electron chi connectivity index (χ2n) is 6.54. The van der Waals surface area contributed by atoms with Crippen LogP contribution in [0.25, 0.3) is 0 Å². The van der Waals surface area contributed by atoms with Gasteiger partial charge in [0, 0.05) is 11.9 Å². The first-order chi connectivity index (χ1) is 13.1. The molecule has 7 nitrogen and oxygen atoms in total. The van der Waals surface area contributed by atoms with Crippen molar-refractivity contribution in [2.75, 3.05) is 18.1 Å². The van der Waals surface area contributed by atoms with Gasteiger partial charge in [0.25, 0.3) is 5.91 Å². The molecule has 0 radical (unpaired) electrons. The topological polar surface area (TPSA) is 102 Å². The van der Waals surface area contributed by atoms with E-state index in [1.807, 2.05) is 32.0 Å². The SMILES string of the molecule is Cc1cccc(C)c1NC(=O)CNC(=O)C(C)Oc1ccc(S(C)(=O)=O)cc1. The number of hydrogen-bond donors (Lipinski definition) is 2. The lowest BCUT2D eigenvalue weighted by Crippen LogP contribution is -2.40. The summed E-state index contributed by atoms with van der Waals surface area (Å²) in [5, 5.41) is 5.32. The van der Waals surface area contributed by atoms with Gasteiger partial charge in [0.05, 0.1) is 11.4 Å². The molecule has 2 aromatic rings. The molecule has 2 rings (SSSR count). The Morgan fingerprint density at radius 1 is 1.04 bits per heavy atom. The normalized spacial score (nSPS) is 12.1. The van der Waals surface area contributed by atoms with E-state index >= 15 is 0 Å². The number of sulfone groups is 1. The summed E-state index contributed by atoms with van der Waals surface area (Å²) in [6, 6.07) is 11.5. The average Bonchev–Trinajstić information content (AvgIpc) is 2.62. The molecule has 0 aliphatic heterocycles. The molecular weight excluding hydrogens is 380 g/mol. The first-order valence-electron chi connectivity index (χ1n) is 8.68. The summed E-state index contributed by atoms with van der Waals surface area (Å²) >= 11 is 0. The fourth-order valence-corrected chi connectivity index (χ4v) is 3.16. The fraction of sp³-hybridized carbons (Fsp3) is 0.300. The van der Waals surface area contributed by atoms with E-state index in [4.69, 9.17) is 4.74 Å². The van der Waals surface area contributed by atoms with Crippen molar-refractivity contribution >= 4 is 27.3 Å². The Morgan fingerprint density at radius 2 is 1.61 bits per heavy atom. The van der Waals surface area contributed by atoms with Crippen LogP contribution in [0.4, 0.5) is 5.69 Å². The third-order valence-corrected chi connectivity index (χ3v) is 5.23. The summed E-state index contributed by atoms with van der Waals surface area (Å²) in [6.07, 6.45) is 0.264. The molecule has 2 amide bonds. The zero-order valence-electron chi connectivity index (χ0n) is 16.3. The van der Waals surface area contributed by atoms with Crippen molar-refractivity contribution in [3.05, 3.63) is 53.6 Å². The van der Waals surface area contributed by atoms with Gasteiger partial charge in [0.15, 0.2) is 15.9 Å². The first kappa shape index (κ1) is 21.4.